The van der Waals surface area contributed by atoms with Crippen molar-refractivity contribution in [3.63, 3.8) is 0 Å². The smallest absolute Gasteiger partial charge is 0.167 e. The molecule has 7 nitrogen and oxygen atoms in total. The second-order valence-corrected chi connectivity index (χ2v) is 7.34. The van der Waals surface area contributed by atoms with E-state index in [1.807, 2.05) is 38.1 Å². The first-order valence-corrected chi connectivity index (χ1v) is 11.3. The molecule has 4 aromatic rings. The predicted octanol–water partition coefficient (Wildman–Crippen LogP) is 4.49. The lowest BCUT2D eigenvalue weighted by atomic mass is 10.1. The van der Waals surface area contributed by atoms with Crippen LogP contribution in [0, 0.1) is 0 Å². The van der Waals surface area contributed by atoms with E-state index in [0.717, 1.165) is 66.8 Å². The molecule has 0 atom stereocenters. The van der Waals surface area contributed by atoms with Gasteiger partial charge in [0.15, 0.2) is 11.5 Å². The highest BCUT2D eigenvalue weighted by Gasteiger charge is 2.20. The third kappa shape index (κ3) is 4.16. The number of nitrogens with two attached hydrogens (primary N) is 1. The van der Waals surface area contributed by atoms with Crippen LogP contribution in [-0.4, -0.2) is 45.8 Å². The van der Waals surface area contributed by atoms with Crippen LogP contribution in [0.2, 0.25) is 0 Å². The van der Waals surface area contributed by atoms with E-state index in [1.165, 1.54) is 5.56 Å². The maximum Gasteiger partial charge on any atom is 0.167 e. The maximum absolute atomic E-state index is 6.21. The maximum atomic E-state index is 6.21. The van der Waals surface area contributed by atoms with Crippen molar-refractivity contribution in [1.82, 2.24) is 19.5 Å². The van der Waals surface area contributed by atoms with Gasteiger partial charge in [0.2, 0.25) is 0 Å². The molecule has 166 valence electrons. The number of pyridine rings is 2. The number of fused-ring (bicyclic) bond motifs is 1. The monoisotopic (exact) mass is 430 g/mol. The summed E-state index contributed by atoms with van der Waals surface area (Å²) in [6.07, 6.45) is 2.68. The van der Waals surface area contributed by atoms with Crippen molar-refractivity contribution < 1.29 is 4.74 Å². The average molecular weight is 431 g/mol. The van der Waals surface area contributed by atoms with Crippen molar-refractivity contribution in [3.05, 3.63) is 60.3 Å². The summed E-state index contributed by atoms with van der Waals surface area (Å²) in [5.41, 5.74) is 10.9. The third-order valence-corrected chi connectivity index (χ3v) is 5.51. The summed E-state index contributed by atoms with van der Waals surface area (Å²) in [6.45, 7) is 9.25. The van der Waals surface area contributed by atoms with E-state index in [4.69, 9.17) is 20.4 Å². The molecule has 0 aliphatic carbocycles. The molecule has 1 aliphatic rings. The molecule has 3 aromatic heterocycles. The highest BCUT2D eigenvalue weighted by atomic mass is 16.5. The lowest BCUT2D eigenvalue weighted by Gasteiger charge is -2.27. The average Bonchev–Trinajstić information content (AvgIpc) is 3.24. The Balaban J connectivity index is 0.00000119. The highest BCUT2D eigenvalue weighted by Crippen LogP contribution is 2.31. The van der Waals surface area contributed by atoms with Gasteiger partial charge < -0.3 is 15.4 Å². The molecule has 2 N–H and O–H groups in total. The fourth-order valence-electron chi connectivity index (χ4n) is 3.83. The second-order valence-electron chi connectivity index (χ2n) is 7.34. The number of ether oxygens (including phenoxy) is 1. The van der Waals surface area contributed by atoms with Crippen LogP contribution in [0.15, 0.2) is 54.7 Å². The lowest BCUT2D eigenvalue weighted by molar-refractivity contribution is 0.122. The van der Waals surface area contributed by atoms with Crippen LogP contribution in [0.1, 0.15) is 26.3 Å². The number of hydrogen-bond acceptors (Lipinski definition) is 6. The Bertz CT molecular complexity index is 1180. The fraction of sp³-hybridized carbons (Fsp3) is 0.320. The van der Waals surface area contributed by atoms with Gasteiger partial charge in [-0.15, -0.1) is 0 Å². The Labute approximate surface area is 188 Å². The molecule has 32 heavy (non-hydrogen) atoms. The van der Waals surface area contributed by atoms with Gasteiger partial charge in [0.25, 0.3) is 0 Å². The largest absolute Gasteiger partial charge is 0.383 e. The van der Waals surface area contributed by atoms with Crippen molar-refractivity contribution in [2.45, 2.75) is 27.2 Å². The molecule has 0 bridgehead atoms. The van der Waals surface area contributed by atoms with Crippen LogP contribution in [0.5, 0.6) is 0 Å². The standard InChI is InChI=1S/C23H24N6O.C2H6/c1-2-16-5-7-17(8-6-16)29-22(18-4-3-11-25-21(18)24)26-19-9-10-20(27-23(19)29)28-12-14-30-15-13-28;1-2/h3-11H,2,12-15H2,1H3,(H2,24,25);1-2H3. The van der Waals surface area contributed by atoms with Crippen molar-refractivity contribution in [2.75, 3.05) is 36.9 Å². The third-order valence-electron chi connectivity index (χ3n) is 5.51. The van der Waals surface area contributed by atoms with Gasteiger partial charge >= 0.3 is 0 Å². The molecule has 0 unspecified atom stereocenters. The number of nitrogens with zero attached hydrogens (tertiary/aromatic N) is 5. The number of nitrogen functional groups attached to an aromatic ring is 1. The molecule has 1 fully saturated rings. The minimum Gasteiger partial charge on any atom is -0.383 e. The fourth-order valence-corrected chi connectivity index (χ4v) is 3.83. The van der Waals surface area contributed by atoms with Crippen molar-refractivity contribution in [3.8, 4) is 17.1 Å². The van der Waals surface area contributed by atoms with E-state index >= 15 is 0 Å². The van der Waals surface area contributed by atoms with E-state index < -0.39 is 0 Å². The quantitative estimate of drug-likeness (QED) is 0.514. The summed E-state index contributed by atoms with van der Waals surface area (Å²) >= 11 is 0. The van der Waals surface area contributed by atoms with Gasteiger partial charge in [0.1, 0.15) is 17.2 Å². The number of imidazole rings is 1. The number of anilines is 2. The van der Waals surface area contributed by atoms with E-state index in [0.29, 0.717) is 5.82 Å². The predicted molar refractivity (Wildman–Crippen MR) is 130 cm³/mol. The minimum absolute atomic E-state index is 0.452. The first kappa shape index (κ1) is 21.8. The van der Waals surface area contributed by atoms with Crippen molar-refractivity contribution in [2.24, 2.45) is 0 Å². The number of benzene rings is 1. The molecule has 0 saturated carbocycles. The molecule has 5 rings (SSSR count). The zero-order valence-corrected chi connectivity index (χ0v) is 19.0. The second kappa shape index (κ2) is 9.78. The zero-order valence-electron chi connectivity index (χ0n) is 19.0. The van der Waals surface area contributed by atoms with Gasteiger partial charge in [-0.25, -0.2) is 15.0 Å². The number of hydrogen-bond donors (Lipinski definition) is 1. The van der Waals surface area contributed by atoms with Crippen LogP contribution >= 0.6 is 0 Å². The van der Waals surface area contributed by atoms with E-state index in [1.54, 1.807) is 6.20 Å². The van der Waals surface area contributed by atoms with Crippen LogP contribution in [0.3, 0.4) is 0 Å². The van der Waals surface area contributed by atoms with Gasteiger partial charge in [0, 0.05) is 25.0 Å². The Kier molecular flexibility index (Phi) is 6.66. The molecule has 1 saturated heterocycles. The Morgan fingerprint density at radius 3 is 2.41 bits per heavy atom. The topological polar surface area (TPSA) is 82.1 Å². The van der Waals surface area contributed by atoms with Crippen LogP contribution < -0.4 is 10.6 Å². The Morgan fingerprint density at radius 2 is 1.72 bits per heavy atom. The van der Waals surface area contributed by atoms with Crippen molar-refractivity contribution >= 4 is 22.8 Å². The Morgan fingerprint density at radius 1 is 0.969 bits per heavy atom. The molecular formula is C25H30N6O. The summed E-state index contributed by atoms with van der Waals surface area (Å²) in [4.78, 5) is 16.4. The highest BCUT2D eigenvalue weighted by molar-refractivity contribution is 5.83. The summed E-state index contributed by atoms with van der Waals surface area (Å²) < 4.78 is 7.57. The SMILES string of the molecule is CC.CCc1ccc(-n2c(-c3cccnc3N)nc3ccc(N4CCOCC4)nc32)cc1. The minimum atomic E-state index is 0.452. The Hall–Kier alpha value is -3.45. The molecule has 1 aliphatic heterocycles. The number of rotatable bonds is 4. The molecule has 0 amide bonds. The molecule has 7 heteroatoms. The van der Waals surface area contributed by atoms with Crippen LogP contribution in [0.25, 0.3) is 28.2 Å². The molecular weight excluding hydrogens is 400 g/mol. The molecule has 4 heterocycles. The molecule has 0 spiro atoms. The van der Waals surface area contributed by atoms with Gasteiger partial charge in [-0.1, -0.05) is 32.9 Å². The van der Waals surface area contributed by atoms with Gasteiger partial charge in [-0.3, -0.25) is 4.57 Å². The van der Waals surface area contributed by atoms with E-state index in [2.05, 4.69) is 45.6 Å². The van der Waals surface area contributed by atoms with E-state index in [9.17, 15) is 0 Å². The summed E-state index contributed by atoms with van der Waals surface area (Å²) in [5.74, 6) is 2.13. The summed E-state index contributed by atoms with van der Waals surface area (Å²) in [5, 5.41) is 0. The first-order chi connectivity index (χ1) is 15.7. The van der Waals surface area contributed by atoms with Gasteiger partial charge in [0.05, 0.1) is 18.8 Å². The number of morpholine rings is 1. The normalized spacial score (nSPS) is 13.7. The molecule has 1 aromatic carbocycles. The zero-order chi connectivity index (χ0) is 22.5. The van der Waals surface area contributed by atoms with Gasteiger partial charge in [-0.05, 0) is 48.4 Å². The van der Waals surface area contributed by atoms with Crippen LogP contribution in [-0.2, 0) is 11.2 Å². The first-order valence-electron chi connectivity index (χ1n) is 11.3. The van der Waals surface area contributed by atoms with Crippen molar-refractivity contribution in [1.29, 1.82) is 0 Å². The van der Waals surface area contributed by atoms with Crippen LogP contribution in [0.4, 0.5) is 11.6 Å². The van der Waals surface area contributed by atoms with Gasteiger partial charge in [-0.2, -0.15) is 0 Å². The lowest BCUT2D eigenvalue weighted by Crippen LogP contribution is -2.36. The number of aromatic nitrogens is 4. The summed E-state index contributed by atoms with van der Waals surface area (Å²) in [6, 6.07) is 16.4. The molecule has 0 radical (unpaired) electrons. The summed E-state index contributed by atoms with van der Waals surface area (Å²) in [7, 11) is 0. The number of aryl methyl sites for hydroxylation is 1. The van der Waals surface area contributed by atoms with E-state index in [-0.39, 0.29) is 0 Å².